The van der Waals surface area contributed by atoms with E-state index in [-0.39, 0.29) is 17.2 Å². The lowest BCUT2D eigenvalue weighted by molar-refractivity contribution is -0.138. The van der Waals surface area contributed by atoms with Gasteiger partial charge in [0.25, 0.3) is 0 Å². The second-order valence-electron chi connectivity index (χ2n) is 7.73. The number of halogens is 3. The van der Waals surface area contributed by atoms with Gasteiger partial charge in [0.1, 0.15) is 6.33 Å². The maximum Gasteiger partial charge on any atom is 0.419 e. The molecule has 0 radical (unpaired) electrons. The second kappa shape index (κ2) is 8.16. The average Bonchev–Trinajstić information content (AvgIpc) is 3.23. The highest BCUT2D eigenvalue weighted by Gasteiger charge is 2.37. The monoisotopic (exact) mass is 451 g/mol. The Morgan fingerprint density at radius 3 is 2.33 bits per heavy atom. The Hall–Kier alpha value is -4.00. The topological polar surface area (TPSA) is 85.2 Å². The van der Waals surface area contributed by atoms with Gasteiger partial charge in [-0.25, -0.2) is 14.6 Å². The summed E-state index contributed by atoms with van der Waals surface area (Å²) in [5.74, 6) is 0.267. The maximum atomic E-state index is 13.4. The van der Waals surface area contributed by atoms with Gasteiger partial charge in [-0.05, 0) is 38.5 Å². The van der Waals surface area contributed by atoms with Crippen LogP contribution in [-0.2, 0) is 19.6 Å². The lowest BCUT2D eigenvalue weighted by Gasteiger charge is -2.09. The number of hydrogen-bond acceptors (Lipinski definition) is 5. The number of hydrogen-bond donors (Lipinski definition) is 0. The fraction of sp³-hybridized carbons (Fsp3) is 0.261. The van der Waals surface area contributed by atoms with Crippen molar-refractivity contribution in [1.29, 1.82) is 5.26 Å². The molecule has 4 rings (SSSR count). The van der Waals surface area contributed by atoms with E-state index in [1.807, 2.05) is 26.1 Å². The van der Waals surface area contributed by atoms with E-state index < -0.39 is 11.7 Å². The zero-order valence-corrected chi connectivity index (χ0v) is 18.4. The molecule has 1 aromatic carbocycles. The molecular weight excluding hydrogens is 431 g/mol. The van der Waals surface area contributed by atoms with Gasteiger partial charge < -0.3 is 0 Å². The largest absolute Gasteiger partial charge is 0.419 e. The third-order valence-electron chi connectivity index (χ3n) is 5.57. The maximum absolute atomic E-state index is 13.4. The van der Waals surface area contributed by atoms with Crippen molar-refractivity contribution in [2.24, 2.45) is 7.05 Å². The molecule has 0 aliphatic rings. The normalized spacial score (nSPS) is 11.6. The van der Waals surface area contributed by atoms with Crippen molar-refractivity contribution in [3.8, 4) is 23.1 Å². The number of benzene rings is 1. The van der Waals surface area contributed by atoms with E-state index in [0.29, 0.717) is 17.7 Å². The number of nitrogens with zero attached hydrogens (tertiary/aromatic N) is 7. The van der Waals surface area contributed by atoms with Crippen molar-refractivity contribution in [2.45, 2.75) is 33.4 Å². The molecule has 4 aromatic rings. The molecular formula is C23H20F3N7. The predicted octanol–water partition coefficient (Wildman–Crippen LogP) is 4.47. The van der Waals surface area contributed by atoms with E-state index in [4.69, 9.17) is 5.26 Å². The minimum atomic E-state index is -4.49. The Morgan fingerprint density at radius 1 is 1.03 bits per heavy atom. The van der Waals surface area contributed by atoms with Gasteiger partial charge >= 0.3 is 6.18 Å². The van der Waals surface area contributed by atoms with E-state index in [0.717, 1.165) is 22.5 Å². The van der Waals surface area contributed by atoms with E-state index in [1.54, 1.807) is 22.9 Å². The molecule has 33 heavy (non-hydrogen) atoms. The van der Waals surface area contributed by atoms with Gasteiger partial charge in [-0.15, -0.1) is 0 Å². The van der Waals surface area contributed by atoms with Gasteiger partial charge in [0.2, 0.25) is 0 Å². The SMILES string of the molecule is Cc1nn(-c2cc(Cc3c(C)c(-c4ccc(C#N)cc4)nn3C)ncn2)c(C)c1C(F)(F)F. The molecule has 7 nitrogen and oxygen atoms in total. The van der Waals surface area contributed by atoms with Gasteiger partial charge in [-0.2, -0.15) is 28.6 Å². The molecule has 0 N–H and O–H groups in total. The number of aromatic nitrogens is 6. The van der Waals surface area contributed by atoms with Crippen LogP contribution in [0.1, 0.15) is 39.5 Å². The van der Waals surface area contributed by atoms with Crippen molar-refractivity contribution in [3.05, 3.63) is 76.1 Å². The fourth-order valence-corrected chi connectivity index (χ4v) is 3.93. The first kappa shape index (κ1) is 22.2. The smallest absolute Gasteiger partial charge is 0.271 e. The van der Waals surface area contributed by atoms with Crippen LogP contribution in [0.3, 0.4) is 0 Å². The summed E-state index contributed by atoms with van der Waals surface area (Å²) in [6.45, 7) is 4.66. The molecule has 168 valence electrons. The molecule has 0 spiro atoms. The lowest BCUT2D eigenvalue weighted by atomic mass is 10.0. The average molecular weight is 451 g/mol. The van der Waals surface area contributed by atoms with Crippen molar-refractivity contribution < 1.29 is 13.2 Å². The zero-order valence-electron chi connectivity index (χ0n) is 18.4. The summed E-state index contributed by atoms with van der Waals surface area (Å²) in [5, 5.41) is 17.7. The number of rotatable bonds is 4. The first-order chi connectivity index (χ1) is 15.6. The molecule has 0 aliphatic heterocycles. The molecule has 0 aliphatic carbocycles. The Bertz CT molecular complexity index is 1370. The molecule has 10 heteroatoms. The Kier molecular flexibility index (Phi) is 5.49. The van der Waals surface area contributed by atoms with Crippen molar-refractivity contribution in [1.82, 2.24) is 29.5 Å². The molecule has 0 saturated heterocycles. The van der Waals surface area contributed by atoms with Crippen LogP contribution in [0.4, 0.5) is 13.2 Å². The molecule has 0 fully saturated rings. The summed E-state index contributed by atoms with van der Waals surface area (Å²) < 4.78 is 43.1. The van der Waals surface area contributed by atoms with Crippen LogP contribution < -0.4 is 0 Å². The fourth-order valence-electron chi connectivity index (χ4n) is 3.93. The highest BCUT2D eigenvalue weighted by atomic mass is 19.4. The van der Waals surface area contributed by atoms with E-state index in [1.165, 1.54) is 24.9 Å². The van der Waals surface area contributed by atoms with Crippen LogP contribution >= 0.6 is 0 Å². The van der Waals surface area contributed by atoms with Gasteiger partial charge in [0.05, 0.1) is 40.0 Å². The molecule has 0 saturated carbocycles. The van der Waals surface area contributed by atoms with Crippen molar-refractivity contribution >= 4 is 0 Å². The van der Waals surface area contributed by atoms with Crippen molar-refractivity contribution in [2.75, 3.05) is 0 Å². The minimum Gasteiger partial charge on any atom is -0.271 e. The third-order valence-corrected chi connectivity index (χ3v) is 5.57. The first-order valence-corrected chi connectivity index (χ1v) is 10.1. The van der Waals surface area contributed by atoms with Crippen LogP contribution in [-0.4, -0.2) is 29.5 Å². The Morgan fingerprint density at radius 2 is 1.73 bits per heavy atom. The first-order valence-electron chi connectivity index (χ1n) is 10.1. The van der Waals surface area contributed by atoms with Gasteiger partial charge in [-0.3, -0.25) is 4.68 Å². The van der Waals surface area contributed by atoms with Crippen LogP contribution in [0.5, 0.6) is 0 Å². The quantitative estimate of drug-likeness (QED) is 0.457. The number of nitriles is 1. The van der Waals surface area contributed by atoms with Gasteiger partial charge in [0, 0.05) is 30.8 Å². The Labute approximate surface area is 188 Å². The van der Waals surface area contributed by atoms with Gasteiger partial charge in [-0.1, -0.05) is 12.1 Å². The summed E-state index contributed by atoms with van der Waals surface area (Å²) >= 11 is 0. The predicted molar refractivity (Wildman–Crippen MR) is 115 cm³/mol. The standard InChI is InChI=1S/C23H20F3N7/c1-13-19(32(4)31-22(13)17-7-5-16(11-27)6-8-17)9-18-10-20(29-12-28-18)33-15(3)21(14(2)30-33)23(24,25)26/h5-8,10,12H,9H2,1-4H3. The number of alkyl halides is 3. The minimum absolute atomic E-state index is 0.0236. The Balaban J connectivity index is 1.68. The summed E-state index contributed by atoms with van der Waals surface area (Å²) in [6, 6.07) is 10.9. The van der Waals surface area contributed by atoms with Crippen LogP contribution in [0.25, 0.3) is 17.1 Å². The molecule has 0 unspecified atom stereocenters. The molecule has 0 bridgehead atoms. The summed E-state index contributed by atoms with van der Waals surface area (Å²) in [7, 11) is 1.83. The molecule has 3 aromatic heterocycles. The summed E-state index contributed by atoms with van der Waals surface area (Å²) in [6.07, 6.45) is -2.76. The van der Waals surface area contributed by atoms with E-state index in [2.05, 4.69) is 26.2 Å². The highest BCUT2D eigenvalue weighted by molar-refractivity contribution is 5.65. The lowest BCUT2D eigenvalue weighted by Crippen LogP contribution is -2.09. The highest BCUT2D eigenvalue weighted by Crippen LogP contribution is 2.35. The van der Waals surface area contributed by atoms with Crippen LogP contribution in [0, 0.1) is 32.1 Å². The van der Waals surface area contributed by atoms with E-state index in [9.17, 15) is 13.2 Å². The summed E-state index contributed by atoms with van der Waals surface area (Å²) in [5.41, 5.74) is 3.85. The van der Waals surface area contributed by atoms with Crippen LogP contribution in [0.2, 0.25) is 0 Å². The van der Waals surface area contributed by atoms with E-state index >= 15 is 0 Å². The van der Waals surface area contributed by atoms with Crippen molar-refractivity contribution in [3.63, 3.8) is 0 Å². The van der Waals surface area contributed by atoms with Gasteiger partial charge in [0.15, 0.2) is 5.82 Å². The zero-order chi connectivity index (χ0) is 23.9. The summed E-state index contributed by atoms with van der Waals surface area (Å²) in [4.78, 5) is 8.44. The third kappa shape index (κ3) is 4.09. The molecule has 0 amide bonds. The van der Waals surface area contributed by atoms with Crippen LogP contribution in [0.15, 0.2) is 36.7 Å². The number of aryl methyl sites for hydroxylation is 2. The molecule has 0 atom stereocenters. The molecule has 3 heterocycles. The second-order valence-corrected chi connectivity index (χ2v) is 7.73.